The van der Waals surface area contributed by atoms with Crippen LogP contribution < -0.4 is 5.32 Å². The quantitative estimate of drug-likeness (QED) is 0.870. The van der Waals surface area contributed by atoms with Gasteiger partial charge in [-0.25, -0.2) is 9.97 Å². The lowest BCUT2D eigenvalue weighted by atomic mass is 10.2. The molecule has 1 aliphatic rings. The second-order valence-electron chi connectivity index (χ2n) is 4.49. The molecule has 1 aliphatic carbocycles. The van der Waals surface area contributed by atoms with Crippen molar-refractivity contribution < 1.29 is 17.4 Å². The van der Waals surface area contributed by atoms with Gasteiger partial charge in [-0.3, -0.25) is 4.21 Å². The zero-order valence-corrected chi connectivity index (χ0v) is 11.1. The molecule has 1 fully saturated rings. The van der Waals surface area contributed by atoms with Gasteiger partial charge in [0.25, 0.3) is 0 Å². The third-order valence-electron chi connectivity index (χ3n) is 3.03. The summed E-state index contributed by atoms with van der Waals surface area (Å²) in [4.78, 5) is 7.27. The molecule has 0 bridgehead atoms. The van der Waals surface area contributed by atoms with Gasteiger partial charge in [0.2, 0.25) is 5.16 Å². The number of hydrogen-bond donors (Lipinski definition) is 1. The van der Waals surface area contributed by atoms with Gasteiger partial charge in [-0.15, -0.1) is 0 Å². The van der Waals surface area contributed by atoms with Gasteiger partial charge in [0, 0.05) is 18.5 Å². The summed E-state index contributed by atoms with van der Waals surface area (Å²) in [5, 5.41) is 2.72. The van der Waals surface area contributed by atoms with E-state index >= 15 is 0 Å². The maximum Gasteiger partial charge on any atom is 0.421 e. The number of aromatic nitrogens is 2. The van der Waals surface area contributed by atoms with Gasteiger partial charge in [-0.1, -0.05) is 12.8 Å². The maximum absolute atomic E-state index is 12.9. The van der Waals surface area contributed by atoms with Crippen LogP contribution in [-0.4, -0.2) is 26.5 Å². The third-order valence-corrected chi connectivity index (χ3v) is 3.74. The molecule has 1 N–H and O–H groups in total. The third kappa shape index (κ3) is 3.43. The largest absolute Gasteiger partial charge is 0.421 e. The number of alkyl halides is 3. The fraction of sp³-hybridized carbons (Fsp3) is 0.636. The van der Waals surface area contributed by atoms with E-state index in [-0.39, 0.29) is 17.0 Å². The molecule has 0 radical (unpaired) electrons. The minimum absolute atomic E-state index is 0.00542. The average molecular weight is 293 g/mol. The van der Waals surface area contributed by atoms with Crippen molar-refractivity contribution >= 4 is 16.6 Å². The predicted molar refractivity (Wildman–Crippen MR) is 65.2 cm³/mol. The molecule has 1 unspecified atom stereocenters. The average Bonchev–Trinajstić information content (AvgIpc) is 2.80. The smallest absolute Gasteiger partial charge is 0.367 e. The Labute approximate surface area is 111 Å². The molecule has 0 aromatic carbocycles. The van der Waals surface area contributed by atoms with Crippen LogP contribution in [-0.2, 0) is 17.0 Å². The minimum Gasteiger partial charge on any atom is -0.367 e. The van der Waals surface area contributed by atoms with Crippen LogP contribution in [0.15, 0.2) is 11.4 Å². The molecule has 0 saturated heterocycles. The Morgan fingerprint density at radius 2 is 2.00 bits per heavy atom. The van der Waals surface area contributed by atoms with Crippen LogP contribution in [0.4, 0.5) is 19.0 Å². The molecule has 1 aromatic rings. The zero-order chi connectivity index (χ0) is 14.0. The fourth-order valence-corrected chi connectivity index (χ4v) is 2.51. The van der Waals surface area contributed by atoms with Crippen LogP contribution in [0.25, 0.3) is 0 Å². The van der Waals surface area contributed by atoms with E-state index in [9.17, 15) is 17.4 Å². The van der Waals surface area contributed by atoms with Crippen LogP contribution in [0, 0.1) is 0 Å². The van der Waals surface area contributed by atoms with E-state index in [0.29, 0.717) is 6.20 Å². The number of nitrogens with zero attached hydrogens (tertiary/aromatic N) is 2. The first-order valence-electron chi connectivity index (χ1n) is 5.92. The molecule has 1 heterocycles. The van der Waals surface area contributed by atoms with Crippen molar-refractivity contribution in [3.8, 4) is 0 Å². The SMILES string of the molecule is CS(=O)c1ncc(C(F)(F)F)c(NC2CCCC2)n1. The monoisotopic (exact) mass is 293 g/mol. The van der Waals surface area contributed by atoms with E-state index in [0.717, 1.165) is 25.7 Å². The summed E-state index contributed by atoms with van der Waals surface area (Å²) in [6.07, 6.45) is 1.16. The molecule has 4 nitrogen and oxygen atoms in total. The van der Waals surface area contributed by atoms with E-state index in [2.05, 4.69) is 15.3 Å². The second kappa shape index (κ2) is 5.44. The molecule has 106 valence electrons. The highest BCUT2D eigenvalue weighted by molar-refractivity contribution is 7.84. The summed E-state index contributed by atoms with van der Waals surface area (Å²) < 4.78 is 49.9. The van der Waals surface area contributed by atoms with Crippen molar-refractivity contribution in [3.63, 3.8) is 0 Å². The maximum atomic E-state index is 12.9. The first kappa shape index (κ1) is 14.2. The lowest BCUT2D eigenvalue weighted by molar-refractivity contribution is -0.137. The Morgan fingerprint density at radius 3 is 2.53 bits per heavy atom. The van der Waals surface area contributed by atoms with Gasteiger partial charge < -0.3 is 5.32 Å². The Morgan fingerprint density at radius 1 is 1.37 bits per heavy atom. The summed E-state index contributed by atoms with van der Waals surface area (Å²) >= 11 is 0. The van der Waals surface area contributed by atoms with Crippen molar-refractivity contribution in [2.75, 3.05) is 11.6 Å². The van der Waals surface area contributed by atoms with E-state index in [4.69, 9.17) is 0 Å². The molecule has 0 spiro atoms. The lowest BCUT2D eigenvalue weighted by Crippen LogP contribution is -2.21. The number of anilines is 1. The molecule has 19 heavy (non-hydrogen) atoms. The summed E-state index contributed by atoms with van der Waals surface area (Å²) in [7, 11) is -1.51. The Hall–Kier alpha value is -1.18. The van der Waals surface area contributed by atoms with Crippen LogP contribution in [0.2, 0.25) is 0 Å². The normalized spacial score (nSPS) is 18.5. The van der Waals surface area contributed by atoms with Crippen LogP contribution >= 0.6 is 0 Å². The Balaban J connectivity index is 2.34. The Kier molecular flexibility index (Phi) is 4.07. The topological polar surface area (TPSA) is 54.9 Å². The molecule has 1 saturated carbocycles. The van der Waals surface area contributed by atoms with Gasteiger partial charge in [0.1, 0.15) is 11.4 Å². The van der Waals surface area contributed by atoms with Gasteiger partial charge in [-0.2, -0.15) is 13.2 Å². The van der Waals surface area contributed by atoms with Gasteiger partial charge >= 0.3 is 6.18 Å². The second-order valence-corrected chi connectivity index (χ2v) is 5.77. The summed E-state index contributed by atoms with van der Waals surface area (Å²) in [6, 6.07) is -0.00542. The van der Waals surface area contributed by atoms with Crippen molar-refractivity contribution in [3.05, 3.63) is 11.8 Å². The van der Waals surface area contributed by atoms with Crippen molar-refractivity contribution in [2.45, 2.75) is 43.1 Å². The highest BCUT2D eigenvalue weighted by Crippen LogP contribution is 2.34. The molecular formula is C11H14F3N3OS. The fourth-order valence-electron chi connectivity index (χ4n) is 2.09. The number of hydrogen-bond acceptors (Lipinski definition) is 4. The first-order chi connectivity index (χ1) is 8.88. The van der Waals surface area contributed by atoms with Gasteiger partial charge in [0.15, 0.2) is 0 Å². The van der Waals surface area contributed by atoms with E-state index in [1.54, 1.807) is 0 Å². The molecule has 2 rings (SSSR count). The van der Waals surface area contributed by atoms with Crippen LogP contribution in [0.3, 0.4) is 0 Å². The van der Waals surface area contributed by atoms with Gasteiger partial charge in [0.05, 0.1) is 10.8 Å². The highest BCUT2D eigenvalue weighted by atomic mass is 32.2. The van der Waals surface area contributed by atoms with Crippen molar-refractivity contribution in [2.24, 2.45) is 0 Å². The number of rotatable bonds is 3. The van der Waals surface area contributed by atoms with Crippen LogP contribution in [0.5, 0.6) is 0 Å². The van der Waals surface area contributed by atoms with E-state index in [1.165, 1.54) is 6.26 Å². The standard InChI is InChI=1S/C11H14F3N3OS/c1-19(18)10-15-6-8(11(12,13)14)9(17-10)16-7-4-2-3-5-7/h6-7H,2-5H2,1H3,(H,15,16,17). The number of nitrogens with one attached hydrogen (secondary N) is 1. The molecule has 8 heteroatoms. The Bertz CT molecular complexity index is 487. The van der Waals surface area contributed by atoms with Gasteiger partial charge in [-0.05, 0) is 12.8 Å². The van der Waals surface area contributed by atoms with E-state index < -0.39 is 22.5 Å². The van der Waals surface area contributed by atoms with Crippen molar-refractivity contribution in [1.29, 1.82) is 0 Å². The first-order valence-corrected chi connectivity index (χ1v) is 7.48. The minimum atomic E-state index is -4.52. The summed E-state index contributed by atoms with van der Waals surface area (Å²) in [6.45, 7) is 0. The highest BCUT2D eigenvalue weighted by Gasteiger charge is 2.36. The predicted octanol–water partition coefficient (Wildman–Crippen LogP) is 2.59. The molecular weight excluding hydrogens is 279 g/mol. The van der Waals surface area contributed by atoms with E-state index in [1.807, 2.05) is 0 Å². The van der Waals surface area contributed by atoms with Crippen molar-refractivity contribution in [1.82, 2.24) is 9.97 Å². The summed E-state index contributed by atoms with van der Waals surface area (Å²) in [5.41, 5.74) is -0.909. The lowest BCUT2D eigenvalue weighted by Gasteiger charge is -2.17. The summed E-state index contributed by atoms with van der Waals surface area (Å²) in [5.74, 6) is -0.264. The molecule has 0 amide bonds. The molecule has 0 aliphatic heterocycles. The van der Waals surface area contributed by atoms with Crippen LogP contribution in [0.1, 0.15) is 31.2 Å². The number of halogens is 3. The molecule has 1 atom stereocenters. The molecule has 1 aromatic heterocycles. The zero-order valence-electron chi connectivity index (χ0n) is 10.3.